The van der Waals surface area contributed by atoms with E-state index < -0.39 is 0 Å². The lowest BCUT2D eigenvalue weighted by Crippen LogP contribution is -2.39. The molecule has 0 heterocycles. The molecule has 0 aliphatic heterocycles. The molecule has 2 nitrogen and oxygen atoms in total. The molecule has 0 saturated heterocycles. The predicted octanol–water partition coefficient (Wildman–Crippen LogP) is 4.03. The van der Waals surface area contributed by atoms with E-state index >= 15 is 0 Å². The third kappa shape index (κ3) is 3.89. The molecule has 0 saturated carbocycles. The molecule has 18 heavy (non-hydrogen) atoms. The van der Waals surface area contributed by atoms with E-state index in [0.29, 0.717) is 22.4 Å². The van der Waals surface area contributed by atoms with Crippen molar-refractivity contribution in [2.75, 3.05) is 5.88 Å². The number of hydrogen-bond donors (Lipinski definition) is 1. The van der Waals surface area contributed by atoms with Crippen LogP contribution in [0, 0.1) is 12.8 Å². The van der Waals surface area contributed by atoms with E-state index in [4.69, 9.17) is 23.2 Å². The van der Waals surface area contributed by atoms with Crippen LogP contribution in [0.25, 0.3) is 0 Å². The minimum Gasteiger partial charge on any atom is -0.349 e. The summed E-state index contributed by atoms with van der Waals surface area (Å²) < 4.78 is 0. The van der Waals surface area contributed by atoms with Gasteiger partial charge in [0.15, 0.2) is 0 Å². The van der Waals surface area contributed by atoms with Crippen molar-refractivity contribution in [3.8, 4) is 0 Å². The molecule has 0 spiro atoms. The second kappa shape index (κ2) is 7.01. The van der Waals surface area contributed by atoms with Crippen molar-refractivity contribution in [2.24, 2.45) is 5.92 Å². The van der Waals surface area contributed by atoms with E-state index in [1.165, 1.54) is 0 Å². The minimum atomic E-state index is -0.132. The standard InChI is InChI=1S/C14H19Cl2NO/c1-9(2)12(7-8-15)17-14(18)11-6-4-5-10(3)13(11)16/h4-6,9,12H,7-8H2,1-3H3,(H,17,18). The van der Waals surface area contributed by atoms with Crippen LogP contribution in [0.1, 0.15) is 36.2 Å². The van der Waals surface area contributed by atoms with Crippen LogP contribution in [0.4, 0.5) is 0 Å². The van der Waals surface area contributed by atoms with Gasteiger partial charge in [-0.15, -0.1) is 11.6 Å². The number of aryl methyl sites for hydroxylation is 1. The van der Waals surface area contributed by atoms with E-state index in [-0.39, 0.29) is 11.9 Å². The van der Waals surface area contributed by atoms with Gasteiger partial charge >= 0.3 is 0 Å². The van der Waals surface area contributed by atoms with E-state index in [1.54, 1.807) is 6.07 Å². The number of amides is 1. The summed E-state index contributed by atoms with van der Waals surface area (Å²) in [6, 6.07) is 5.54. The van der Waals surface area contributed by atoms with Crippen molar-refractivity contribution in [1.29, 1.82) is 0 Å². The van der Waals surface area contributed by atoms with Gasteiger partial charge in [-0.1, -0.05) is 37.6 Å². The molecular formula is C14H19Cl2NO. The first kappa shape index (κ1) is 15.3. The van der Waals surface area contributed by atoms with Gasteiger partial charge in [0.2, 0.25) is 0 Å². The van der Waals surface area contributed by atoms with Gasteiger partial charge in [0.05, 0.1) is 10.6 Å². The molecule has 0 bridgehead atoms. The zero-order chi connectivity index (χ0) is 13.7. The molecule has 0 aliphatic rings. The zero-order valence-corrected chi connectivity index (χ0v) is 12.5. The Morgan fingerprint density at radius 2 is 2.06 bits per heavy atom. The zero-order valence-electron chi connectivity index (χ0n) is 11.0. The Kier molecular flexibility index (Phi) is 5.97. The number of halogens is 2. The van der Waals surface area contributed by atoms with Crippen LogP contribution in [-0.2, 0) is 0 Å². The number of benzene rings is 1. The molecule has 1 aromatic carbocycles. The third-order valence-electron chi connectivity index (χ3n) is 2.98. The molecule has 1 rings (SSSR count). The van der Waals surface area contributed by atoms with Crippen LogP contribution in [-0.4, -0.2) is 17.8 Å². The summed E-state index contributed by atoms with van der Waals surface area (Å²) in [6.07, 6.45) is 0.758. The maximum absolute atomic E-state index is 12.2. The van der Waals surface area contributed by atoms with Crippen LogP contribution < -0.4 is 5.32 Å². The molecule has 1 N–H and O–H groups in total. The summed E-state index contributed by atoms with van der Waals surface area (Å²) in [6.45, 7) is 6.02. The Bertz CT molecular complexity index is 418. The highest BCUT2D eigenvalue weighted by atomic mass is 35.5. The normalized spacial score (nSPS) is 12.6. The average molecular weight is 288 g/mol. The Morgan fingerprint density at radius 3 is 2.61 bits per heavy atom. The lowest BCUT2D eigenvalue weighted by molar-refractivity contribution is 0.0925. The van der Waals surface area contributed by atoms with Gasteiger partial charge in [0.1, 0.15) is 0 Å². The molecular weight excluding hydrogens is 269 g/mol. The van der Waals surface area contributed by atoms with Gasteiger partial charge in [-0.25, -0.2) is 0 Å². The second-order valence-corrected chi connectivity index (χ2v) is 5.49. The lowest BCUT2D eigenvalue weighted by atomic mass is 10.0. The molecule has 1 atom stereocenters. The number of carbonyl (C=O) groups excluding carboxylic acids is 1. The van der Waals surface area contributed by atoms with Crippen LogP contribution in [0.15, 0.2) is 18.2 Å². The van der Waals surface area contributed by atoms with Crippen LogP contribution >= 0.6 is 23.2 Å². The van der Waals surface area contributed by atoms with Gasteiger partial charge in [-0.2, -0.15) is 0 Å². The average Bonchev–Trinajstić information content (AvgIpc) is 2.31. The van der Waals surface area contributed by atoms with Gasteiger partial charge in [-0.05, 0) is 30.9 Å². The monoisotopic (exact) mass is 287 g/mol. The van der Waals surface area contributed by atoms with Crippen molar-refractivity contribution in [3.63, 3.8) is 0 Å². The summed E-state index contributed by atoms with van der Waals surface area (Å²) in [7, 11) is 0. The predicted molar refractivity (Wildman–Crippen MR) is 77.6 cm³/mol. The molecule has 1 aromatic rings. The van der Waals surface area contributed by atoms with Gasteiger partial charge in [0, 0.05) is 11.9 Å². The smallest absolute Gasteiger partial charge is 0.253 e. The molecule has 4 heteroatoms. The van der Waals surface area contributed by atoms with Crippen LogP contribution in [0.3, 0.4) is 0 Å². The van der Waals surface area contributed by atoms with Crippen molar-refractivity contribution >= 4 is 29.1 Å². The summed E-state index contributed by atoms with van der Waals surface area (Å²) in [5.41, 5.74) is 1.43. The number of hydrogen-bond acceptors (Lipinski definition) is 1. The van der Waals surface area contributed by atoms with Gasteiger partial charge in [0.25, 0.3) is 5.91 Å². The fraction of sp³-hybridized carbons (Fsp3) is 0.500. The van der Waals surface area contributed by atoms with E-state index in [2.05, 4.69) is 19.2 Å². The maximum Gasteiger partial charge on any atom is 0.253 e. The highest BCUT2D eigenvalue weighted by Gasteiger charge is 2.18. The number of alkyl halides is 1. The molecule has 1 amide bonds. The molecule has 0 aliphatic carbocycles. The summed E-state index contributed by atoms with van der Waals surface area (Å²) in [5.74, 6) is 0.744. The largest absolute Gasteiger partial charge is 0.349 e. The first-order valence-electron chi connectivity index (χ1n) is 6.09. The Labute approximate surface area is 119 Å². The Hall–Kier alpha value is -0.730. The molecule has 1 unspecified atom stereocenters. The summed E-state index contributed by atoms with van der Waals surface area (Å²) in [4.78, 5) is 12.2. The number of rotatable bonds is 5. The van der Waals surface area contributed by atoms with Crippen molar-refractivity contribution in [3.05, 3.63) is 34.3 Å². The van der Waals surface area contributed by atoms with Crippen LogP contribution in [0.5, 0.6) is 0 Å². The maximum atomic E-state index is 12.2. The van der Waals surface area contributed by atoms with E-state index in [0.717, 1.165) is 12.0 Å². The quantitative estimate of drug-likeness (QED) is 0.814. The van der Waals surface area contributed by atoms with Crippen LogP contribution in [0.2, 0.25) is 5.02 Å². The number of carbonyl (C=O) groups is 1. The topological polar surface area (TPSA) is 29.1 Å². The molecule has 0 radical (unpaired) electrons. The van der Waals surface area contributed by atoms with E-state index in [1.807, 2.05) is 19.1 Å². The first-order valence-corrected chi connectivity index (χ1v) is 7.00. The lowest BCUT2D eigenvalue weighted by Gasteiger charge is -2.22. The van der Waals surface area contributed by atoms with Gasteiger partial charge in [-0.3, -0.25) is 4.79 Å². The SMILES string of the molecule is Cc1cccc(C(=O)NC(CCCl)C(C)C)c1Cl. The fourth-order valence-corrected chi connectivity index (χ4v) is 2.21. The van der Waals surface area contributed by atoms with Crippen molar-refractivity contribution < 1.29 is 4.79 Å². The molecule has 100 valence electrons. The third-order valence-corrected chi connectivity index (χ3v) is 3.70. The number of nitrogens with one attached hydrogen (secondary N) is 1. The fourth-order valence-electron chi connectivity index (χ4n) is 1.76. The second-order valence-electron chi connectivity index (χ2n) is 4.74. The summed E-state index contributed by atoms with van der Waals surface area (Å²) >= 11 is 11.9. The highest BCUT2D eigenvalue weighted by Crippen LogP contribution is 2.20. The van der Waals surface area contributed by atoms with Crippen molar-refractivity contribution in [1.82, 2.24) is 5.32 Å². The van der Waals surface area contributed by atoms with Crippen molar-refractivity contribution in [2.45, 2.75) is 33.2 Å². The molecule has 0 fully saturated rings. The summed E-state index contributed by atoms with van der Waals surface area (Å²) in [5, 5.41) is 3.51. The molecule has 0 aromatic heterocycles. The Morgan fingerprint density at radius 1 is 1.39 bits per heavy atom. The van der Waals surface area contributed by atoms with Gasteiger partial charge < -0.3 is 5.32 Å². The Balaban J connectivity index is 2.84. The first-order chi connectivity index (χ1) is 8.47. The highest BCUT2D eigenvalue weighted by molar-refractivity contribution is 6.34. The van der Waals surface area contributed by atoms with E-state index in [9.17, 15) is 4.79 Å². The minimum absolute atomic E-state index is 0.0755.